The van der Waals surface area contributed by atoms with E-state index in [-0.39, 0.29) is 17.6 Å². The molecule has 2 saturated heterocycles. The van der Waals surface area contributed by atoms with Crippen LogP contribution in [0.4, 0.5) is 0 Å². The quantitative estimate of drug-likeness (QED) is 0.893. The lowest BCUT2D eigenvalue weighted by Gasteiger charge is -2.43. The molecule has 3 heterocycles. The van der Waals surface area contributed by atoms with Crippen LogP contribution in [0.15, 0.2) is 41.8 Å². The van der Waals surface area contributed by atoms with Gasteiger partial charge in [-0.3, -0.25) is 9.80 Å². The lowest BCUT2D eigenvalue weighted by molar-refractivity contribution is -0.0103. The summed E-state index contributed by atoms with van der Waals surface area (Å²) in [6.45, 7) is 5.49. The van der Waals surface area contributed by atoms with E-state index >= 15 is 0 Å². The summed E-state index contributed by atoms with van der Waals surface area (Å²) < 4.78 is 0. The Kier molecular flexibility index (Phi) is 4.40. The number of aliphatic hydroxyl groups is 1. The van der Waals surface area contributed by atoms with Gasteiger partial charge in [-0.05, 0) is 74.4 Å². The molecule has 2 fully saturated rings. The lowest BCUT2D eigenvalue weighted by atomic mass is 9.72. The van der Waals surface area contributed by atoms with Gasteiger partial charge >= 0.3 is 0 Å². The van der Waals surface area contributed by atoms with Gasteiger partial charge < -0.3 is 5.11 Å². The minimum absolute atomic E-state index is 0.0458. The molecule has 138 valence electrons. The van der Waals surface area contributed by atoms with E-state index in [1.165, 1.54) is 28.8 Å². The van der Waals surface area contributed by atoms with Gasteiger partial charge in [0.05, 0.1) is 12.1 Å². The van der Waals surface area contributed by atoms with Crippen LogP contribution in [0.1, 0.15) is 47.7 Å². The molecule has 26 heavy (non-hydrogen) atoms. The Labute approximate surface area is 160 Å². The number of aliphatic hydroxyl groups excluding tert-OH is 1. The molecule has 5 rings (SSSR count). The third kappa shape index (κ3) is 2.66. The summed E-state index contributed by atoms with van der Waals surface area (Å²) in [5.41, 5.74) is 2.78. The number of hydrogen-bond acceptors (Lipinski definition) is 4. The van der Waals surface area contributed by atoms with Gasteiger partial charge in [-0.2, -0.15) is 0 Å². The van der Waals surface area contributed by atoms with E-state index in [9.17, 15) is 5.11 Å². The third-order valence-corrected chi connectivity index (χ3v) is 7.78. The molecule has 0 unspecified atom stereocenters. The highest BCUT2D eigenvalue weighted by molar-refractivity contribution is 7.09. The highest BCUT2D eigenvalue weighted by atomic mass is 32.1. The van der Waals surface area contributed by atoms with Crippen molar-refractivity contribution >= 4 is 11.3 Å². The topological polar surface area (TPSA) is 26.7 Å². The van der Waals surface area contributed by atoms with Gasteiger partial charge in [0, 0.05) is 16.8 Å². The van der Waals surface area contributed by atoms with Gasteiger partial charge in [0.15, 0.2) is 0 Å². The zero-order valence-corrected chi connectivity index (χ0v) is 16.1. The molecule has 0 amide bonds. The van der Waals surface area contributed by atoms with Gasteiger partial charge in [-0.1, -0.05) is 30.3 Å². The van der Waals surface area contributed by atoms with Crippen LogP contribution in [0, 0.1) is 0 Å². The summed E-state index contributed by atoms with van der Waals surface area (Å²) in [6.07, 6.45) is 4.42. The van der Waals surface area contributed by atoms with Gasteiger partial charge in [-0.15, -0.1) is 11.3 Å². The Bertz CT molecular complexity index is 745. The highest BCUT2D eigenvalue weighted by Gasteiger charge is 2.54. The Balaban J connectivity index is 1.40. The standard InChI is InChI=1S/C22H28N2OS/c25-21-20(24-11-3-4-12-24)18-7-1-2-8-19(18)22(21)9-13-23(14-10-22)16-17-6-5-15-26-17/h1-2,5-8,15,20-21,25H,3-4,9-14,16H2/t20-,21+/m1/s1. The van der Waals surface area contributed by atoms with Gasteiger partial charge in [0.1, 0.15) is 0 Å². The molecule has 1 aromatic heterocycles. The van der Waals surface area contributed by atoms with Crippen molar-refractivity contribution < 1.29 is 5.11 Å². The predicted octanol–water partition coefficient (Wildman–Crippen LogP) is 3.79. The first-order valence-electron chi connectivity index (χ1n) is 10.0. The van der Waals surface area contributed by atoms with Crippen molar-refractivity contribution in [3.8, 4) is 0 Å². The maximum absolute atomic E-state index is 11.5. The van der Waals surface area contributed by atoms with Crippen molar-refractivity contribution in [2.24, 2.45) is 0 Å². The van der Waals surface area contributed by atoms with Crippen molar-refractivity contribution in [2.45, 2.75) is 49.8 Å². The van der Waals surface area contributed by atoms with E-state index in [0.717, 1.165) is 45.6 Å². The fraction of sp³-hybridized carbons (Fsp3) is 0.545. The number of likely N-dealkylation sites (tertiary alicyclic amines) is 2. The van der Waals surface area contributed by atoms with Crippen LogP contribution < -0.4 is 0 Å². The lowest BCUT2D eigenvalue weighted by Crippen LogP contribution is -2.49. The molecule has 3 nitrogen and oxygen atoms in total. The molecule has 0 saturated carbocycles. The Morgan fingerprint density at radius 1 is 1.00 bits per heavy atom. The molecular formula is C22H28N2OS. The number of benzene rings is 1. The smallest absolute Gasteiger partial charge is 0.0834 e. The zero-order chi connectivity index (χ0) is 17.6. The minimum Gasteiger partial charge on any atom is -0.390 e. The summed E-state index contributed by atoms with van der Waals surface area (Å²) in [4.78, 5) is 6.55. The van der Waals surface area contributed by atoms with Gasteiger partial charge in [0.2, 0.25) is 0 Å². The number of rotatable bonds is 3. The first kappa shape index (κ1) is 16.9. The Hall–Kier alpha value is -1.20. The van der Waals surface area contributed by atoms with Crippen LogP contribution in [0.5, 0.6) is 0 Å². The molecule has 2 atom stereocenters. The van der Waals surface area contributed by atoms with Crippen molar-refractivity contribution in [3.05, 3.63) is 57.8 Å². The van der Waals surface area contributed by atoms with E-state index < -0.39 is 0 Å². The summed E-state index contributed by atoms with van der Waals surface area (Å²) in [5, 5.41) is 13.7. The molecule has 1 spiro atoms. The van der Waals surface area contributed by atoms with Crippen LogP contribution in [0.2, 0.25) is 0 Å². The summed E-state index contributed by atoms with van der Waals surface area (Å²) in [7, 11) is 0. The second-order valence-electron chi connectivity index (χ2n) is 8.23. The van der Waals surface area contributed by atoms with Gasteiger partial charge in [0.25, 0.3) is 0 Å². The average molecular weight is 369 g/mol. The number of piperidine rings is 1. The highest BCUT2D eigenvalue weighted by Crippen LogP contribution is 2.53. The van der Waals surface area contributed by atoms with Crippen molar-refractivity contribution in [2.75, 3.05) is 26.2 Å². The van der Waals surface area contributed by atoms with E-state index in [0.29, 0.717) is 0 Å². The minimum atomic E-state index is -0.262. The van der Waals surface area contributed by atoms with Crippen LogP contribution in [-0.2, 0) is 12.0 Å². The third-order valence-electron chi connectivity index (χ3n) is 6.92. The second-order valence-corrected chi connectivity index (χ2v) is 9.26. The second kappa shape index (κ2) is 6.75. The first-order valence-corrected chi connectivity index (χ1v) is 10.9. The number of hydrogen-bond donors (Lipinski definition) is 1. The Morgan fingerprint density at radius 2 is 1.77 bits per heavy atom. The Morgan fingerprint density at radius 3 is 2.50 bits per heavy atom. The van der Waals surface area contributed by atoms with E-state index in [4.69, 9.17) is 0 Å². The molecule has 1 aromatic carbocycles. The number of fused-ring (bicyclic) bond motifs is 2. The van der Waals surface area contributed by atoms with Crippen molar-refractivity contribution in [3.63, 3.8) is 0 Å². The molecule has 1 N–H and O–H groups in total. The summed E-state index contributed by atoms with van der Waals surface area (Å²) >= 11 is 1.85. The van der Waals surface area contributed by atoms with Crippen molar-refractivity contribution in [1.82, 2.24) is 9.80 Å². The first-order chi connectivity index (χ1) is 12.8. The number of thiophene rings is 1. The normalized spacial score (nSPS) is 28.7. The van der Waals surface area contributed by atoms with Crippen molar-refractivity contribution in [1.29, 1.82) is 0 Å². The maximum atomic E-state index is 11.5. The molecule has 2 aromatic rings. The van der Waals surface area contributed by atoms with Crippen LogP contribution >= 0.6 is 11.3 Å². The molecule has 0 bridgehead atoms. The zero-order valence-electron chi connectivity index (χ0n) is 15.3. The van der Waals surface area contributed by atoms with Crippen LogP contribution in [-0.4, -0.2) is 47.2 Å². The molecule has 3 aliphatic rings. The molecule has 4 heteroatoms. The molecular weight excluding hydrogens is 340 g/mol. The molecule has 2 aliphatic heterocycles. The monoisotopic (exact) mass is 368 g/mol. The van der Waals surface area contributed by atoms with Crippen LogP contribution in [0.3, 0.4) is 0 Å². The van der Waals surface area contributed by atoms with Gasteiger partial charge in [-0.25, -0.2) is 0 Å². The maximum Gasteiger partial charge on any atom is 0.0834 e. The van der Waals surface area contributed by atoms with E-state index in [1.807, 2.05) is 11.3 Å². The average Bonchev–Trinajstić information content (AvgIpc) is 3.40. The fourth-order valence-corrected chi connectivity index (χ4v) is 6.30. The largest absolute Gasteiger partial charge is 0.390 e. The van der Waals surface area contributed by atoms with Crippen LogP contribution in [0.25, 0.3) is 0 Å². The molecule has 0 radical (unpaired) electrons. The SMILES string of the molecule is O[C@H]1[C@H](N2CCCC2)c2ccccc2C12CCN(Cc1cccs1)CC2. The summed E-state index contributed by atoms with van der Waals surface area (Å²) in [6, 6.07) is 13.5. The molecule has 1 aliphatic carbocycles. The predicted molar refractivity (Wildman–Crippen MR) is 107 cm³/mol. The van der Waals surface area contributed by atoms with E-state index in [2.05, 4.69) is 51.6 Å². The summed E-state index contributed by atoms with van der Waals surface area (Å²) in [5.74, 6) is 0. The van der Waals surface area contributed by atoms with E-state index in [1.54, 1.807) is 0 Å². The fourth-order valence-electron chi connectivity index (χ4n) is 5.55. The number of nitrogens with zero attached hydrogens (tertiary/aromatic N) is 2.